The van der Waals surface area contributed by atoms with Crippen LogP contribution in [-0.2, 0) is 11.3 Å². The van der Waals surface area contributed by atoms with Crippen molar-refractivity contribution >= 4 is 18.4 Å². The number of methoxy groups -OCH3 is 1. The number of aryl methyl sites for hydroxylation is 1. The highest BCUT2D eigenvalue weighted by Gasteiger charge is 2.20. The molecule has 0 spiro atoms. The maximum Gasteiger partial charge on any atom is 0.337 e. The maximum atomic E-state index is 11.6. The van der Waals surface area contributed by atoms with E-state index in [9.17, 15) is 4.79 Å². The minimum atomic E-state index is -0.348. The van der Waals surface area contributed by atoms with Gasteiger partial charge in [0.2, 0.25) is 0 Å². The van der Waals surface area contributed by atoms with Gasteiger partial charge in [-0.15, -0.1) is 12.4 Å². The molecule has 0 unspecified atom stereocenters. The zero-order valence-electron chi connectivity index (χ0n) is 13.2. The van der Waals surface area contributed by atoms with Crippen LogP contribution < -0.4 is 10.1 Å². The lowest BCUT2D eigenvalue weighted by Crippen LogP contribution is -2.24. The summed E-state index contributed by atoms with van der Waals surface area (Å²) < 4.78 is 10.7. The van der Waals surface area contributed by atoms with Crippen molar-refractivity contribution in [2.24, 2.45) is 0 Å². The van der Waals surface area contributed by atoms with Crippen LogP contribution in [0.5, 0.6) is 5.75 Å². The Kier molecular flexibility index (Phi) is 5.64. The molecule has 2 aromatic rings. The number of ether oxygens (including phenoxy) is 2. The first kappa shape index (κ1) is 17.3. The lowest BCUT2D eigenvalue weighted by atomic mass is 10.0. The van der Waals surface area contributed by atoms with Gasteiger partial charge in [-0.25, -0.2) is 4.79 Å². The first-order valence-electron chi connectivity index (χ1n) is 7.32. The molecule has 0 aromatic heterocycles. The molecule has 5 heteroatoms. The summed E-state index contributed by atoms with van der Waals surface area (Å²) in [5.41, 5.74) is 4.03. The van der Waals surface area contributed by atoms with E-state index in [2.05, 4.69) is 24.4 Å². The van der Waals surface area contributed by atoms with E-state index in [0.29, 0.717) is 18.7 Å². The average molecular weight is 334 g/mol. The molecule has 0 bridgehead atoms. The number of fused-ring (bicyclic) bond motifs is 1. The van der Waals surface area contributed by atoms with Crippen molar-refractivity contribution in [2.45, 2.75) is 19.5 Å². The van der Waals surface area contributed by atoms with Crippen LogP contribution in [0.2, 0.25) is 0 Å². The fraction of sp³-hybridized carbons (Fsp3) is 0.278. The molecule has 4 nitrogen and oxygen atoms in total. The van der Waals surface area contributed by atoms with Crippen molar-refractivity contribution in [2.75, 3.05) is 13.7 Å². The molecule has 1 aliphatic rings. The van der Waals surface area contributed by atoms with Crippen LogP contribution in [0.15, 0.2) is 42.5 Å². The summed E-state index contributed by atoms with van der Waals surface area (Å²) in [6.07, 6.45) is 0. The van der Waals surface area contributed by atoms with Gasteiger partial charge < -0.3 is 14.8 Å². The first-order chi connectivity index (χ1) is 10.7. The fourth-order valence-electron chi connectivity index (χ4n) is 2.72. The molecular formula is C18H20ClNO3. The molecule has 0 radical (unpaired) electrons. The van der Waals surface area contributed by atoms with Crippen LogP contribution in [0.25, 0.3) is 0 Å². The van der Waals surface area contributed by atoms with Gasteiger partial charge in [0.25, 0.3) is 0 Å². The molecule has 0 fully saturated rings. The lowest BCUT2D eigenvalue weighted by Gasteiger charge is -2.17. The summed E-state index contributed by atoms with van der Waals surface area (Å²) in [6.45, 7) is 3.34. The van der Waals surface area contributed by atoms with Gasteiger partial charge in [-0.3, -0.25) is 0 Å². The van der Waals surface area contributed by atoms with Crippen LogP contribution in [0.3, 0.4) is 0 Å². The number of hydrogen-bond acceptors (Lipinski definition) is 4. The zero-order chi connectivity index (χ0) is 15.5. The number of nitrogens with one attached hydrogen (secondary N) is 1. The summed E-state index contributed by atoms with van der Waals surface area (Å²) >= 11 is 0. The molecule has 1 atom stereocenters. The molecule has 1 aliphatic heterocycles. The highest BCUT2D eigenvalue weighted by molar-refractivity contribution is 5.89. The predicted octanol–water partition coefficient (Wildman–Crippen LogP) is 3.43. The number of carbonyl (C=O) groups excluding carboxylic acids is 1. The third kappa shape index (κ3) is 3.66. The molecule has 3 rings (SSSR count). The summed E-state index contributed by atoms with van der Waals surface area (Å²) in [5, 5.41) is 3.52. The van der Waals surface area contributed by atoms with Crippen molar-refractivity contribution in [3.8, 4) is 5.75 Å². The van der Waals surface area contributed by atoms with E-state index < -0.39 is 0 Å². The van der Waals surface area contributed by atoms with Crippen LogP contribution in [-0.4, -0.2) is 19.7 Å². The van der Waals surface area contributed by atoms with Gasteiger partial charge in [0, 0.05) is 12.1 Å². The highest BCUT2D eigenvalue weighted by Crippen LogP contribution is 2.27. The fourth-order valence-corrected chi connectivity index (χ4v) is 2.72. The molecule has 122 valence electrons. The van der Waals surface area contributed by atoms with Crippen molar-refractivity contribution in [1.82, 2.24) is 5.32 Å². The Bertz CT molecular complexity index is 702. The van der Waals surface area contributed by atoms with Gasteiger partial charge in [-0.2, -0.15) is 0 Å². The van der Waals surface area contributed by atoms with Crippen molar-refractivity contribution in [3.63, 3.8) is 0 Å². The van der Waals surface area contributed by atoms with Gasteiger partial charge in [0.05, 0.1) is 18.7 Å². The van der Waals surface area contributed by atoms with E-state index in [1.54, 1.807) is 12.1 Å². The summed E-state index contributed by atoms with van der Waals surface area (Å²) in [7, 11) is 1.38. The van der Waals surface area contributed by atoms with Crippen LogP contribution in [0.1, 0.15) is 33.1 Å². The predicted molar refractivity (Wildman–Crippen MR) is 91.3 cm³/mol. The molecule has 2 aromatic carbocycles. The van der Waals surface area contributed by atoms with E-state index in [1.807, 2.05) is 18.2 Å². The summed E-state index contributed by atoms with van der Waals surface area (Å²) in [6, 6.07) is 13.9. The molecular weight excluding hydrogens is 314 g/mol. The SMILES string of the molecule is COC(=O)c1ccc2c(c1)OC[C@H](c1ccccc1C)NC2.Cl. The Morgan fingerprint density at radius 3 is 2.78 bits per heavy atom. The molecule has 23 heavy (non-hydrogen) atoms. The first-order valence-corrected chi connectivity index (χ1v) is 7.32. The van der Waals surface area contributed by atoms with E-state index in [-0.39, 0.29) is 24.4 Å². The molecule has 1 heterocycles. The van der Waals surface area contributed by atoms with Gasteiger partial charge in [0.1, 0.15) is 12.4 Å². The highest BCUT2D eigenvalue weighted by atomic mass is 35.5. The molecule has 0 saturated carbocycles. The number of esters is 1. The average Bonchev–Trinajstić information content (AvgIpc) is 2.76. The smallest absolute Gasteiger partial charge is 0.337 e. The lowest BCUT2D eigenvalue weighted by molar-refractivity contribution is 0.0600. The Morgan fingerprint density at radius 2 is 2.04 bits per heavy atom. The molecule has 0 saturated heterocycles. The quantitative estimate of drug-likeness (QED) is 0.855. The van der Waals surface area contributed by atoms with Gasteiger partial charge in [-0.1, -0.05) is 30.3 Å². The topological polar surface area (TPSA) is 47.6 Å². The number of hydrogen-bond donors (Lipinski definition) is 1. The summed E-state index contributed by atoms with van der Waals surface area (Å²) in [4.78, 5) is 11.6. The summed E-state index contributed by atoms with van der Waals surface area (Å²) in [5.74, 6) is 0.394. The van der Waals surface area contributed by atoms with Crippen molar-refractivity contribution in [3.05, 3.63) is 64.7 Å². The van der Waals surface area contributed by atoms with Crippen LogP contribution >= 0.6 is 12.4 Å². The van der Waals surface area contributed by atoms with Crippen LogP contribution in [0.4, 0.5) is 0 Å². The number of benzene rings is 2. The third-order valence-electron chi connectivity index (χ3n) is 4.00. The second-order valence-electron chi connectivity index (χ2n) is 5.42. The van der Waals surface area contributed by atoms with E-state index in [1.165, 1.54) is 18.2 Å². The Morgan fingerprint density at radius 1 is 1.26 bits per heavy atom. The number of rotatable bonds is 2. The molecule has 0 amide bonds. The Labute approximate surface area is 142 Å². The largest absolute Gasteiger partial charge is 0.491 e. The normalized spacial score (nSPS) is 16.3. The zero-order valence-corrected chi connectivity index (χ0v) is 14.0. The van der Waals surface area contributed by atoms with E-state index in [4.69, 9.17) is 9.47 Å². The molecule has 0 aliphatic carbocycles. The number of carbonyl (C=O) groups is 1. The monoisotopic (exact) mass is 333 g/mol. The van der Waals surface area contributed by atoms with Gasteiger partial charge in [-0.05, 0) is 30.2 Å². The standard InChI is InChI=1S/C18H19NO3.ClH/c1-12-5-3-4-6-15(12)16-11-22-17-9-13(18(20)21-2)7-8-14(17)10-19-16;/h3-9,16,19H,10-11H2,1-2H3;1H/t16-;/m1./s1. The maximum absolute atomic E-state index is 11.6. The van der Waals surface area contributed by atoms with E-state index in [0.717, 1.165) is 11.3 Å². The Balaban J connectivity index is 0.00000192. The Hall–Kier alpha value is -2.04. The van der Waals surface area contributed by atoms with Gasteiger partial charge in [0.15, 0.2) is 0 Å². The second-order valence-corrected chi connectivity index (χ2v) is 5.42. The minimum Gasteiger partial charge on any atom is -0.491 e. The van der Waals surface area contributed by atoms with Crippen molar-refractivity contribution < 1.29 is 14.3 Å². The minimum absolute atomic E-state index is 0. The van der Waals surface area contributed by atoms with Gasteiger partial charge >= 0.3 is 5.97 Å². The van der Waals surface area contributed by atoms with Crippen LogP contribution in [0, 0.1) is 6.92 Å². The molecule has 1 N–H and O–H groups in total. The number of halogens is 1. The third-order valence-corrected chi connectivity index (χ3v) is 4.00. The van der Waals surface area contributed by atoms with Crippen molar-refractivity contribution in [1.29, 1.82) is 0 Å². The second kappa shape index (κ2) is 7.49. The van der Waals surface area contributed by atoms with E-state index >= 15 is 0 Å².